The van der Waals surface area contributed by atoms with Crippen molar-refractivity contribution in [2.45, 2.75) is 0 Å². The molecule has 0 aromatic heterocycles. The molecular weight excluding hydrogens is 338 g/mol. The molecule has 1 aliphatic heterocycles. The van der Waals surface area contributed by atoms with Crippen molar-refractivity contribution in [3.63, 3.8) is 0 Å². The van der Waals surface area contributed by atoms with Gasteiger partial charge in [0, 0.05) is 44.5 Å². The van der Waals surface area contributed by atoms with Gasteiger partial charge in [-0.15, -0.1) is 0 Å². The lowest BCUT2D eigenvalue weighted by molar-refractivity contribution is -0.130. The summed E-state index contributed by atoms with van der Waals surface area (Å²) in [4.78, 5) is 16.7. The van der Waals surface area contributed by atoms with E-state index in [1.165, 1.54) is 5.56 Å². The molecule has 1 heterocycles. The van der Waals surface area contributed by atoms with E-state index in [0.29, 0.717) is 6.54 Å². The second-order valence-electron chi connectivity index (χ2n) is 6.58. The Hall–Kier alpha value is -2.79. The van der Waals surface area contributed by atoms with Gasteiger partial charge in [0.15, 0.2) is 0 Å². The highest BCUT2D eigenvalue weighted by atomic mass is 16.5. The van der Waals surface area contributed by atoms with E-state index >= 15 is 0 Å². The molecule has 1 fully saturated rings. The van der Waals surface area contributed by atoms with Crippen LogP contribution in [0.2, 0.25) is 0 Å². The Bertz CT molecular complexity index is 753. The first-order valence-electron chi connectivity index (χ1n) is 9.34. The summed E-state index contributed by atoms with van der Waals surface area (Å²) in [6.07, 6.45) is 4.34. The molecular formula is C22H27N3O2. The van der Waals surface area contributed by atoms with E-state index in [0.717, 1.165) is 44.2 Å². The van der Waals surface area contributed by atoms with Crippen LogP contribution in [0.3, 0.4) is 0 Å². The predicted octanol–water partition coefficient (Wildman–Crippen LogP) is 2.96. The van der Waals surface area contributed by atoms with Gasteiger partial charge in [-0.05, 0) is 17.7 Å². The quantitative estimate of drug-likeness (QED) is 0.819. The fourth-order valence-corrected chi connectivity index (χ4v) is 3.10. The number of ether oxygens (including phenoxy) is 1. The van der Waals surface area contributed by atoms with Crippen LogP contribution in [0.15, 0.2) is 60.7 Å². The van der Waals surface area contributed by atoms with Crippen LogP contribution in [-0.4, -0.2) is 62.1 Å². The topological polar surface area (TPSA) is 44.8 Å². The molecule has 0 radical (unpaired) electrons. The minimum absolute atomic E-state index is 0.136. The molecule has 2 aromatic carbocycles. The summed E-state index contributed by atoms with van der Waals surface area (Å²) in [6, 6.07) is 17.9. The Morgan fingerprint density at radius 1 is 1.07 bits per heavy atom. The summed E-state index contributed by atoms with van der Waals surface area (Å²) in [5.41, 5.74) is 2.11. The largest absolute Gasteiger partial charge is 0.497 e. The van der Waals surface area contributed by atoms with Crippen LogP contribution in [0.1, 0.15) is 5.56 Å². The summed E-state index contributed by atoms with van der Waals surface area (Å²) < 4.78 is 5.20. The number of carbonyl (C=O) groups excluding carboxylic acids is 1. The Balaban J connectivity index is 1.39. The van der Waals surface area contributed by atoms with Crippen LogP contribution in [0.25, 0.3) is 6.08 Å². The number of rotatable bonds is 7. The fraction of sp³-hybridized carbons (Fsp3) is 0.318. The van der Waals surface area contributed by atoms with Crippen molar-refractivity contribution >= 4 is 17.7 Å². The van der Waals surface area contributed by atoms with Crippen LogP contribution in [0.5, 0.6) is 5.75 Å². The third-order valence-corrected chi connectivity index (χ3v) is 4.71. The molecule has 142 valence electrons. The van der Waals surface area contributed by atoms with Crippen LogP contribution in [0.4, 0.5) is 5.69 Å². The molecule has 0 saturated carbocycles. The molecule has 1 saturated heterocycles. The number of anilines is 1. The van der Waals surface area contributed by atoms with E-state index in [1.807, 2.05) is 47.4 Å². The average molecular weight is 365 g/mol. The zero-order valence-electron chi connectivity index (χ0n) is 15.8. The summed E-state index contributed by atoms with van der Waals surface area (Å²) in [5.74, 6) is 0.918. The number of benzene rings is 2. The van der Waals surface area contributed by atoms with Crippen LogP contribution in [0, 0.1) is 0 Å². The molecule has 3 rings (SSSR count). The maximum absolute atomic E-state index is 12.4. The summed E-state index contributed by atoms with van der Waals surface area (Å²) in [6.45, 7) is 4.59. The number of hydrogen-bond donors (Lipinski definition) is 1. The molecule has 27 heavy (non-hydrogen) atoms. The van der Waals surface area contributed by atoms with Crippen molar-refractivity contribution < 1.29 is 9.53 Å². The first kappa shape index (κ1) is 19.0. The van der Waals surface area contributed by atoms with E-state index in [2.05, 4.69) is 34.5 Å². The normalized spacial score (nSPS) is 15.1. The molecule has 1 amide bonds. The Morgan fingerprint density at radius 3 is 2.59 bits per heavy atom. The van der Waals surface area contributed by atoms with Gasteiger partial charge >= 0.3 is 0 Å². The third kappa shape index (κ3) is 5.86. The van der Waals surface area contributed by atoms with Crippen LogP contribution in [-0.2, 0) is 4.79 Å². The zero-order valence-corrected chi connectivity index (χ0v) is 15.8. The molecule has 2 aromatic rings. The fourth-order valence-electron chi connectivity index (χ4n) is 3.10. The lowest BCUT2D eigenvalue weighted by Crippen LogP contribution is -2.50. The van der Waals surface area contributed by atoms with Gasteiger partial charge in [0.2, 0.25) is 5.91 Å². The van der Waals surface area contributed by atoms with Crippen molar-refractivity contribution in [3.05, 3.63) is 66.2 Å². The maximum Gasteiger partial charge on any atom is 0.241 e. The van der Waals surface area contributed by atoms with Gasteiger partial charge in [0.05, 0.1) is 13.7 Å². The first-order valence-corrected chi connectivity index (χ1v) is 9.34. The molecule has 0 unspecified atom stereocenters. The van der Waals surface area contributed by atoms with Gasteiger partial charge in [0.1, 0.15) is 5.75 Å². The molecule has 1 N–H and O–H groups in total. The molecule has 0 bridgehead atoms. The minimum atomic E-state index is 0.136. The molecule has 1 aliphatic rings. The Kier molecular flexibility index (Phi) is 6.88. The second kappa shape index (κ2) is 9.78. The molecule has 0 aliphatic carbocycles. The highest BCUT2D eigenvalue weighted by Gasteiger charge is 2.20. The van der Waals surface area contributed by atoms with Crippen LogP contribution >= 0.6 is 0 Å². The number of carbonyl (C=O) groups is 1. The number of methoxy groups -OCH3 is 1. The maximum atomic E-state index is 12.4. The predicted molar refractivity (Wildman–Crippen MR) is 110 cm³/mol. The van der Waals surface area contributed by atoms with Gasteiger partial charge in [-0.1, -0.05) is 48.6 Å². The average Bonchev–Trinajstić information content (AvgIpc) is 2.73. The van der Waals surface area contributed by atoms with E-state index in [1.54, 1.807) is 7.11 Å². The monoisotopic (exact) mass is 365 g/mol. The summed E-state index contributed by atoms with van der Waals surface area (Å²) in [7, 11) is 1.64. The van der Waals surface area contributed by atoms with E-state index in [-0.39, 0.29) is 5.91 Å². The van der Waals surface area contributed by atoms with Gasteiger partial charge in [-0.3, -0.25) is 9.69 Å². The van der Waals surface area contributed by atoms with Gasteiger partial charge < -0.3 is 15.0 Å². The van der Waals surface area contributed by atoms with Crippen molar-refractivity contribution in [2.24, 2.45) is 0 Å². The van der Waals surface area contributed by atoms with E-state index < -0.39 is 0 Å². The first-order chi connectivity index (χ1) is 13.2. The van der Waals surface area contributed by atoms with E-state index in [9.17, 15) is 4.79 Å². The third-order valence-electron chi connectivity index (χ3n) is 4.71. The number of nitrogens with one attached hydrogen (secondary N) is 1. The van der Waals surface area contributed by atoms with Crippen LogP contribution < -0.4 is 10.1 Å². The second-order valence-corrected chi connectivity index (χ2v) is 6.58. The summed E-state index contributed by atoms with van der Waals surface area (Å²) >= 11 is 0. The van der Waals surface area contributed by atoms with Gasteiger partial charge in [-0.2, -0.15) is 0 Å². The molecule has 0 spiro atoms. The molecule has 0 atom stereocenters. The standard InChI is InChI=1S/C22H27N3O2/c1-27-21-11-5-10-20(17-21)23-18-22(26)25-15-13-24(14-16-25)12-6-9-19-7-3-2-4-8-19/h2-11,17,23H,12-16,18H2,1H3/b9-6+. The number of amides is 1. The molecule has 5 nitrogen and oxygen atoms in total. The van der Waals surface area contributed by atoms with Gasteiger partial charge in [-0.25, -0.2) is 0 Å². The van der Waals surface area contributed by atoms with Gasteiger partial charge in [0.25, 0.3) is 0 Å². The number of hydrogen-bond acceptors (Lipinski definition) is 4. The minimum Gasteiger partial charge on any atom is -0.497 e. The SMILES string of the molecule is COc1cccc(NCC(=O)N2CCN(C/C=C/c3ccccc3)CC2)c1. The lowest BCUT2D eigenvalue weighted by atomic mass is 10.2. The zero-order chi connectivity index (χ0) is 18.9. The Morgan fingerprint density at radius 2 is 1.85 bits per heavy atom. The molecule has 5 heteroatoms. The van der Waals surface area contributed by atoms with E-state index in [4.69, 9.17) is 4.74 Å². The van der Waals surface area contributed by atoms with Crippen molar-refractivity contribution in [2.75, 3.05) is 51.7 Å². The van der Waals surface area contributed by atoms with Crippen molar-refractivity contribution in [1.82, 2.24) is 9.80 Å². The lowest BCUT2D eigenvalue weighted by Gasteiger charge is -2.34. The number of nitrogens with zero attached hydrogens (tertiary/aromatic N) is 2. The number of piperazine rings is 1. The summed E-state index contributed by atoms with van der Waals surface area (Å²) in [5, 5.41) is 3.18. The Labute approximate surface area is 161 Å². The highest BCUT2D eigenvalue weighted by Crippen LogP contribution is 2.16. The highest BCUT2D eigenvalue weighted by molar-refractivity contribution is 5.81. The van der Waals surface area contributed by atoms with Crippen molar-refractivity contribution in [3.8, 4) is 5.75 Å². The van der Waals surface area contributed by atoms with Crippen molar-refractivity contribution in [1.29, 1.82) is 0 Å². The smallest absolute Gasteiger partial charge is 0.241 e.